The average Bonchev–Trinajstić information content (AvgIpc) is 2.86. The second-order valence-corrected chi connectivity index (χ2v) is 7.67. The zero-order valence-electron chi connectivity index (χ0n) is 19.2. The number of aromatic carboxylic acids is 1. The fourth-order valence-electron chi connectivity index (χ4n) is 3.52. The Morgan fingerprint density at radius 3 is 2.34 bits per heavy atom. The number of nitrogens with zero attached hydrogens (tertiary/aromatic N) is 1. The number of carboxylic acids is 1. The molecule has 0 radical (unpaired) electrons. The number of carboxylic acid groups (broad SMARTS) is 1. The van der Waals surface area contributed by atoms with E-state index in [9.17, 15) is 24.8 Å². The first-order valence-corrected chi connectivity index (χ1v) is 11.1. The summed E-state index contributed by atoms with van der Waals surface area (Å²) in [6.45, 7) is 2.08. The lowest BCUT2D eigenvalue weighted by molar-refractivity contribution is -0.384. The van der Waals surface area contributed by atoms with Crippen LogP contribution in [-0.2, 0) is 29.0 Å². The second-order valence-electron chi connectivity index (χ2n) is 7.67. The highest BCUT2D eigenvalue weighted by atomic mass is 16.6. The van der Waals surface area contributed by atoms with Crippen LogP contribution in [0.1, 0.15) is 34.0 Å². The third kappa shape index (κ3) is 7.12. The van der Waals surface area contributed by atoms with Crippen LogP contribution in [0.15, 0.2) is 66.7 Å². The second kappa shape index (κ2) is 12.3. The van der Waals surface area contributed by atoms with Crippen LogP contribution in [0.3, 0.4) is 0 Å². The van der Waals surface area contributed by atoms with Crippen LogP contribution < -0.4 is 10.1 Å². The van der Waals surface area contributed by atoms with E-state index in [0.29, 0.717) is 13.0 Å². The number of nitro groups is 1. The van der Waals surface area contributed by atoms with E-state index in [4.69, 9.17) is 9.47 Å². The Kier molecular flexibility index (Phi) is 8.91. The van der Waals surface area contributed by atoms with Crippen LogP contribution in [0, 0.1) is 10.1 Å². The Hall–Kier alpha value is -4.24. The minimum atomic E-state index is -1.22. The van der Waals surface area contributed by atoms with Gasteiger partial charge in [-0.3, -0.25) is 14.9 Å². The molecule has 0 unspecified atom stereocenters. The lowest BCUT2D eigenvalue weighted by Crippen LogP contribution is -2.21. The monoisotopic (exact) mass is 478 g/mol. The summed E-state index contributed by atoms with van der Waals surface area (Å²) in [5, 5.41) is 23.2. The van der Waals surface area contributed by atoms with Crippen molar-refractivity contribution in [2.24, 2.45) is 0 Å². The molecule has 1 amide bonds. The Bertz CT molecular complexity index is 1180. The number of ether oxygens (including phenoxy) is 2. The summed E-state index contributed by atoms with van der Waals surface area (Å²) >= 11 is 0. The number of anilines is 1. The van der Waals surface area contributed by atoms with Crippen molar-refractivity contribution in [3.63, 3.8) is 0 Å². The van der Waals surface area contributed by atoms with Gasteiger partial charge in [0, 0.05) is 6.07 Å². The Labute approximate surface area is 202 Å². The van der Waals surface area contributed by atoms with Gasteiger partial charge >= 0.3 is 5.97 Å². The number of hydrogen-bond acceptors (Lipinski definition) is 6. The molecule has 2 N–H and O–H groups in total. The first-order valence-electron chi connectivity index (χ1n) is 11.1. The largest absolute Gasteiger partial charge is 0.489 e. The van der Waals surface area contributed by atoms with Crippen molar-refractivity contribution in [3.8, 4) is 5.75 Å². The van der Waals surface area contributed by atoms with Crippen molar-refractivity contribution in [1.29, 1.82) is 0 Å². The zero-order chi connectivity index (χ0) is 25.2. The molecule has 0 spiro atoms. The fourth-order valence-corrected chi connectivity index (χ4v) is 3.52. The van der Waals surface area contributed by atoms with Gasteiger partial charge in [0.2, 0.25) is 0 Å². The van der Waals surface area contributed by atoms with Crippen LogP contribution in [0.2, 0.25) is 0 Å². The summed E-state index contributed by atoms with van der Waals surface area (Å²) in [5.41, 5.74) is 1.69. The molecule has 9 heteroatoms. The van der Waals surface area contributed by atoms with E-state index in [0.717, 1.165) is 22.9 Å². The lowest BCUT2D eigenvalue weighted by atomic mass is 10.0. The van der Waals surface area contributed by atoms with Crippen molar-refractivity contribution in [3.05, 3.63) is 99.1 Å². The number of amides is 1. The van der Waals surface area contributed by atoms with E-state index in [1.54, 1.807) is 6.92 Å². The van der Waals surface area contributed by atoms with E-state index in [2.05, 4.69) is 5.32 Å². The molecule has 182 valence electrons. The number of carbonyl (C=O) groups excluding carboxylic acids is 1. The molecule has 35 heavy (non-hydrogen) atoms. The van der Waals surface area contributed by atoms with Crippen molar-refractivity contribution >= 4 is 23.3 Å². The molecule has 0 bridgehead atoms. The highest BCUT2D eigenvalue weighted by molar-refractivity contribution is 5.99. The van der Waals surface area contributed by atoms with Gasteiger partial charge in [0.05, 0.1) is 17.1 Å². The van der Waals surface area contributed by atoms with E-state index in [-0.39, 0.29) is 42.1 Å². The molecule has 0 aliphatic heterocycles. The summed E-state index contributed by atoms with van der Waals surface area (Å²) in [6, 6.07) is 19.7. The van der Waals surface area contributed by atoms with Gasteiger partial charge in [-0.15, -0.1) is 0 Å². The van der Waals surface area contributed by atoms with E-state index >= 15 is 0 Å². The van der Waals surface area contributed by atoms with E-state index in [1.807, 2.05) is 54.6 Å². The van der Waals surface area contributed by atoms with Crippen LogP contribution >= 0.6 is 0 Å². The molecule has 0 heterocycles. The lowest BCUT2D eigenvalue weighted by Gasteiger charge is -2.13. The SMILES string of the molecule is CCc1c(C(=O)O)ccc([N+](=O)[O-])c1NC(=O)COCCc1ccc(OCc2ccccc2)cc1. The third-order valence-electron chi connectivity index (χ3n) is 5.28. The van der Waals surface area contributed by atoms with Gasteiger partial charge in [-0.2, -0.15) is 0 Å². The van der Waals surface area contributed by atoms with Crippen LogP contribution in [-0.4, -0.2) is 35.1 Å². The smallest absolute Gasteiger partial charge is 0.336 e. The van der Waals surface area contributed by atoms with Gasteiger partial charge in [0.15, 0.2) is 0 Å². The summed E-state index contributed by atoms with van der Waals surface area (Å²) < 4.78 is 11.2. The van der Waals surface area contributed by atoms with Gasteiger partial charge in [0.1, 0.15) is 24.7 Å². The number of nitro benzene ring substituents is 1. The fraction of sp³-hybridized carbons (Fsp3) is 0.231. The summed E-state index contributed by atoms with van der Waals surface area (Å²) in [6.07, 6.45) is 0.756. The number of carbonyl (C=O) groups is 2. The van der Waals surface area contributed by atoms with Crippen LogP contribution in [0.4, 0.5) is 11.4 Å². The van der Waals surface area contributed by atoms with Crippen molar-refractivity contribution in [2.75, 3.05) is 18.5 Å². The average molecular weight is 479 g/mol. The van der Waals surface area contributed by atoms with E-state index in [1.165, 1.54) is 6.07 Å². The molecule has 0 saturated heterocycles. The summed E-state index contributed by atoms with van der Waals surface area (Å²) in [5.74, 6) is -1.08. The molecule has 0 atom stereocenters. The Balaban J connectivity index is 1.50. The molecule has 3 aromatic rings. The summed E-state index contributed by atoms with van der Waals surface area (Å²) in [4.78, 5) is 34.5. The number of rotatable bonds is 12. The first kappa shape index (κ1) is 25.4. The predicted octanol–water partition coefficient (Wildman–Crippen LogP) is 4.63. The molecule has 3 aromatic carbocycles. The summed E-state index contributed by atoms with van der Waals surface area (Å²) in [7, 11) is 0. The van der Waals surface area contributed by atoms with Gasteiger partial charge in [-0.1, -0.05) is 49.4 Å². The molecule has 0 fully saturated rings. The molecule has 0 aromatic heterocycles. The first-order chi connectivity index (χ1) is 16.9. The van der Waals surface area contributed by atoms with Crippen molar-refractivity contribution in [1.82, 2.24) is 0 Å². The maximum Gasteiger partial charge on any atom is 0.336 e. The number of nitrogens with one attached hydrogen (secondary N) is 1. The maximum absolute atomic E-state index is 12.4. The van der Waals surface area contributed by atoms with Crippen LogP contribution in [0.5, 0.6) is 5.75 Å². The quantitative estimate of drug-likeness (QED) is 0.221. The molecule has 0 saturated carbocycles. The molecule has 0 aliphatic carbocycles. The standard InChI is InChI=1S/C26H26N2O7/c1-2-21-22(26(30)31)12-13-23(28(32)33)25(21)27-24(29)17-34-15-14-18-8-10-20(11-9-18)35-16-19-6-4-3-5-7-19/h3-13H,2,14-17H2,1H3,(H,27,29)(H,30,31). The Morgan fingerprint density at radius 1 is 1.00 bits per heavy atom. The van der Waals surface area contributed by atoms with E-state index < -0.39 is 16.8 Å². The van der Waals surface area contributed by atoms with Gasteiger partial charge in [0.25, 0.3) is 11.6 Å². The van der Waals surface area contributed by atoms with Crippen molar-refractivity contribution in [2.45, 2.75) is 26.4 Å². The third-order valence-corrected chi connectivity index (χ3v) is 5.28. The highest BCUT2D eigenvalue weighted by Crippen LogP contribution is 2.31. The number of hydrogen-bond donors (Lipinski definition) is 2. The van der Waals surface area contributed by atoms with Gasteiger partial charge < -0.3 is 19.9 Å². The zero-order valence-corrected chi connectivity index (χ0v) is 19.2. The maximum atomic E-state index is 12.4. The highest BCUT2D eigenvalue weighted by Gasteiger charge is 2.24. The molecule has 0 aliphatic rings. The van der Waals surface area contributed by atoms with Crippen molar-refractivity contribution < 1.29 is 29.1 Å². The van der Waals surface area contributed by atoms with Gasteiger partial charge in [-0.25, -0.2) is 4.79 Å². The minimum Gasteiger partial charge on any atom is -0.489 e. The van der Waals surface area contributed by atoms with Crippen LogP contribution in [0.25, 0.3) is 0 Å². The molecule has 9 nitrogen and oxygen atoms in total. The normalized spacial score (nSPS) is 10.5. The molecular weight excluding hydrogens is 452 g/mol. The molecular formula is C26H26N2O7. The topological polar surface area (TPSA) is 128 Å². The minimum absolute atomic E-state index is 0.0921. The van der Waals surface area contributed by atoms with Gasteiger partial charge in [-0.05, 0) is 47.7 Å². The Morgan fingerprint density at radius 2 is 1.71 bits per heavy atom. The number of benzene rings is 3. The molecule has 3 rings (SSSR count). The predicted molar refractivity (Wildman–Crippen MR) is 130 cm³/mol.